The number of hydrogen-bond donors (Lipinski definition) is 2. The third-order valence-corrected chi connectivity index (χ3v) is 7.59. The van der Waals surface area contributed by atoms with Crippen LogP contribution in [0.1, 0.15) is 35.7 Å². The van der Waals surface area contributed by atoms with Crippen LogP contribution in [0.2, 0.25) is 0 Å². The molecule has 0 saturated carbocycles. The van der Waals surface area contributed by atoms with Crippen LogP contribution < -0.4 is 24.4 Å². The van der Waals surface area contributed by atoms with Crippen molar-refractivity contribution < 1.29 is 27.5 Å². The molecule has 202 valence electrons. The maximum absolute atomic E-state index is 13.8. The van der Waals surface area contributed by atoms with Gasteiger partial charge in [-0.1, -0.05) is 43.2 Å². The minimum atomic E-state index is -4.18. The van der Waals surface area contributed by atoms with Crippen LogP contribution in [-0.4, -0.2) is 47.5 Å². The predicted octanol–water partition coefficient (Wildman–Crippen LogP) is 4.38. The lowest BCUT2D eigenvalue weighted by Gasteiger charge is -2.26. The van der Waals surface area contributed by atoms with Crippen molar-refractivity contribution >= 4 is 33.2 Å². The fourth-order valence-corrected chi connectivity index (χ4v) is 5.14. The van der Waals surface area contributed by atoms with E-state index in [4.69, 9.17) is 9.47 Å². The largest absolute Gasteiger partial charge is 0.497 e. The summed E-state index contributed by atoms with van der Waals surface area (Å²) in [5.41, 5.74) is 1.62. The second kappa shape index (κ2) is 13.0. The number of nitrogens with zero attached hydrogens (tertiary/aromatic N) is 1. The van der Waals surface area contributed by atoms with Crippen LogP contribution >= 0.6 is 0 Å². The standard InChI is InChI=1S/C28H33N3O6S/c1-5-6-17-29-28(33)23-9-7-8-10-24(23)30-27(32)19-31(25-16-13-21(36-3)18-26(25)37-4)38(34,35)22-14-11-20(2)12-15-22/h7-16,18H,5-6,17,19H2,1-4H3,(H,29,33)(H,30,32). The molecule has 0 saturated heterocycles. The van der Waals surface area contributed by atoms with E-state index in [2.05, 4.69) is 10.6 Å². The summed E-state index contributed by atoms with van der Waals surface area (Å²) in [6.07, 6.45) is 1.76. The number of aryl methyl sites for hydroxylation is 1. The lowest BCUT2D eigenvalue weighted by molar-refractivity contribution is -0.114. The monoisotopic (exact) mass is 539 g/mol. The number of ether oxygens (including phenoxy) is 2. The van der Waals surface area contributed by atoms with Crippen LogP contribution in [0.15, 0.2) is 71.6 Å². The van der Waals surface area contributed by atoms with Gasteiger partial charge in [0, 0.05) is 12.6 Å². The van der Waals surface area contributed by atoms with Crippen LogP contribution in [0.5, 0.6) is 11.5 Å². The van der Waals surface area contributed by atoms with Crippen LogP contribution in [0.4, 0.5) is 11.4 Å². The fraction of sp³-hybridized carbons (Fsp3) is 0.286. The number of para-hydroxylation sites is 1. The number of methoxy groups -OCH3 is 2. The Kier molecular flexibility index (Phi) is 9.72. The van der Waals surface area contributed by atoms with Gasteiger partial charge in [-0.15, -0.1) is 0 Å². The Hall–Kier alpha value is -4.05. The third-order valence-electron chi connectivity index (χ3n) is 5.81. The summed E-state index contributed by atoms with van der Waals surface area (Å²) in [4.78, 5) is 26.0. The molecule has 0 fully saturated rings. The molecule has 0 aliphatic carbocycles. The molecule has 3 aromatic rings. The number of nitrogens with one attached hydrogen (secondary N) is 2. The first-order valence-corrected chi connectivity index (χ1v) is 13.6. The molecular weight excluding hydrogens is 506 g/mol. The molecule has 2 N–H and O–H groups in total. The van der Waals surface area contributed by atoms with Crippen molar-refractivity contribution in [2.24, 2.45) is 0 Å². The molecule has 3 aromatic carbocycles. The maximum atomic E-state index is 13.8. The molecule has 0 unspecified atom stereocenters. The van der Waals surface area contributed by atoms with Crippen molar-refractivity contribution in [2.75, 3.05) is 36.9 Å². The second-order valence-electron chi connectivity index (χ2n) is 8.57. The SMILES string of the molecule is CCCCNC(=O)c1ccccc1NC(=O)CN(c1ccc(OC)cc1OC)S(=O)(=O)c1ccc(C)cc1. The summed E-state index contributed by atoms with van der Waals surface area (Å²) in [5.74, 6) is -0.281. The molecule has 0 radical (unpaired) electrons. The highest BCUT2D eigenvalue weighted by molar-refractivity contribution is 7.92. The van der Waals surface area contributed by atoms with E-state index in [0.29, 0.717) is 12.3 Å². The van der Waals surface area contributed by atoms with Crippen molar-refractivity contribution in [1.82, 2.24) is 5.32 Å². The first kappa shape index (κ1) is 28.5. The van der Waals surface area contributed by atoms with Gasteiger partial charge in [0.25, 0.3) is 15.9 Å². The van der Waals surface area contributed by atoms with Gasteiger partial charge in [0.05, 0.1) is 36.1 Å². The molecule has 0 aliphatic rings. The molecule has 0 atom stereocenters. The number of carbonyl (C=O) groups is 2. The van der Waals surface area contributed by atoms with E-state index in [1.54, 1.807) is 48.5 Å². The Morgan fingerprint density at radius 2 is 1.66 bits per heavy atom. The van der Waals surface area contributed by atoms with E-state index in [9.17, 15) is 18.0 Å². The van der Waals surface area contributed by atoms with Gasteiger partial charge >= 0.3 is 0 Å². The Labute approximate surface area is 223 Å². The van der Waals surface area contributed by atoms with Gasteiger partial charge in [-0.05, 0) is 49.7 Å². The summed E-state index contributed by atoms with van der Waals surface area (Å²) in [7, 11) is -1.29. The van der Waals surface area contributed by atoms with E-state index >= 15 is 0 Å². The smallest absolute Gasteiger partial charge is 0.264 e. The van der Waals surface area contributed by atoms with Gasteiger partial charge in [-0.25, -0.2) is 8.42 Å². The minimum Gasteiger partial charge on any atom is -0.497 e. The van der Waals surface area contributed by atoms with E-state index in [1.165, 1.54) is 32.4 Å². The van der Waals surface area contributed by atoms with Crippen LogP contribution in [0, 0.1) is 6.92 Å². The number of benzene rings is 3. The van der Waals surface area contributed by atoms with Gasteiger partial charge in [-0.2, -0.15) is 0 Å². The molecule has 10 heteroatoms. The molecule has 0 bridgehead atoms. The zero-order valence-electron chi connectivity index (χ0n) is 22.0. The normalized spacial score (nSPS) is 10.9. The van der Waals surface area contributed by atoms with Crippen LogP contribution in [0.3, 0.4) is 0 Å². The highest BCUT2D eigenvalue weighted by atomic mass is 32.2. The molecule has 38 heavy (non-hydrogen) atoms. The fourth-order valence-electron chi connectivity index (χ4n) is 3.71. The zero-order valence-corrected chi connectivity index (χ0v) is 22.8. The molecule has 0 heterocycles. The number of unbranched alkanes of at least 4 members (excludes halogenated alkanes) is 1. The Bertz CT molecular complexity index is 1370. The Balaban J connectivity index is 1.97. The van der Waals surface area contributed by atoms with E-state index in [1.807, 2.05) is 13.8 Å². The summed E-state index contributed by atoms with van der Waals surface area (Å²) in [6.45, 7) is 3.82. The molecule has 0 spiro atoms. The molecule has 3 rings (SSSR count). The average Bonchev–Trinajstić information content (AvgIpc) is 2.92. The zero-order chi connectivity index (χ0) is 27.7. The van der Waals surface area contributed by atoms with E-state index in [0.717, 1.165) is 22.7 Å². The Morgan fingerprint density at radius 3 is 2.32 bits per heavy atom. The van der Waals surface area contributed by atoms with E-state index < -0.39 is 22.5 Å². The van der Waals surface area contributed by atoms with Gasteiger partial charge in [-0.3, -0.25) is 13.9 Å². The second-order valence-corrected chi connectivity index (χ2v) is 10.4. The van der Waals surface area contributed by atoms with Gasteiger partial charge in [0.15, 0.2) is 0 Å². The number of amides is 2. The van der Waals surface area contributed by atoms with Crippen molar-refractivity contribution in [3.63, 3.8) is 0 Å². The highest BCUT2D eigenvalue weighted by Gasteiger charge is 2.30. The molecule has 9 nitrogen and oxygen atoms in total. The predicted molar refractivity (Wildman–Crippen MR) is 148 cm³/mol. The number of carbonyl (C=O) groups excluding carboxylic acids is 2. The van der Waals surface area contributed by atoms with Crippen molar-refractivity contribution in [3.8, 4) is 11.5 Å². The number of sulfonamides is 1. The van der Waals surface area contributed by atoms with Crippen molar-refractivity contribution in [3.05, 3.63) is 77.9 Å². The minimum absolute atomic E-state index is 0.0180. The molecule has 0 aromatic heterocycles. The number of anilines is 2. The number of rotatable bonds is 12. The summed E-state index contributed by atoms with van der Waals surface area (Å²) < 4.78 is 39.2. The first-order chi connectivity index (χ1) is 18.2. The van der Waals surface area contributed by atoms with Crippen molar-refractivity contribution in [2.45, 2.75) is 31.6 Å². The average molecular weight is 540 g/mol. The Morgan fingerprint density at radius 1 is 0.947 bits per heavy atom. The summed E-state index contributed by atoms with van der Waals surface area (Å²) in [6, 6.07) is 17.6. The molecule has 0 aliphatic heterocycles. The quantitative estimate of drug-likeness (QED) is 0.330. The van der Waals surface area contributed by atoms with Crippen LogP contribution in [-0.2, 0) is 14.8 Å². The van der Waals surface area contributed by atoms with Gasteiger partial charge < -0.3 is 20.1 Å². The van der Waals surface area contributed by atoms with Gasteiger partial charge in [0.1, 0.15) is 18.0 Å². The van der Waals surface area contributed by atoms with Crippen LogP contribution in [0.25, 0.3) is 0 Å². The van der Waals surface area contributed by atoms with Gasteiger partial charge in [0.2, 0.25) is 5.91 Å². The summed E-state index contributed by atoms with van der Waals surface area (Å²) >= 11 is 0. The molecule has 2 amide bonds. The lowest BCUT2D eigenvalue weighted by atomic mass is 10.1. The topological polar surface area (TPSA) is 114 Å². The summed E-state index contributed by atoms with van der Waals surface area (Å²) in [5, 5.41) is 5.53. The first-order valence-electron chi connectivity index (χ1n) is 12.2. The highest BCUT2D eigenvalue weighted by Crippen LogP contribution is 2.35. The third kappa shape index (κ3) is 6.83. The molecular formula is C28H33N3O6S. The van der Waals surface area contributed by atoms with Crippen molar-refractivity contribution in [1.29, 1.82) is 0 Å². The van der Waals surface area contributed by atoms with E-state index in [-0.39, 0.29) is 33.5 Å². The lowest BCUT2D eigenvalue weighted by Crippen LogP contribution is -2.38. The number of hydrogen-bond acceptors (Lipinski definition) is 6. The maximum Gasteiger partial charge on any atom is 0.264 e.